The Kier molecular flexibility index (Phi) is 6.22. The van der Waals surface area contributed by atoms with Crippen LogP contribution < -0.4 is 0 Å². The van der Waals surface area contributed by atoms with Gasteiger partial charge in [-0.25, -0.2) is 9.69 Å². The van der Waals surface area contributed by atoms with Crippen LogP contribution in [0.3, 0.4) is 0 Å². The maximum Gasteiger partial charge on any atom is 0.218 e. The molecule has 2 aromatic heterocycles. The van der Waals surface area contributed by atoms with Crippen molar-refractivity contribution >= 4 is 55.0 Å². The number of para-hydroxylation sites is 3. The Balaban J connectivity index is 1.35. The summed E-state index contributed by atoms with van der Waals surface area (Å²) in [5.41, 5.74) is 11.1. The minimum atomic E-state index is 0.564. The second-order valence-corrected chi connectivity index (χ2v) is 12.0. The predicted octanol–water partition coefficient (Wildman–Crippen LogP) is 12.3. The van der Waals surface area contributed by atoms with Gasteiger partial charge in [-0.05, 0) is 64.7 Å². The Labute approximate surface area is 277 Å². The third-order valence-electron chi connectivity index (χ3n) is 9.33. The molecule has 4 heteroatoms. The van der Waals surface area contributed by atoms with Gasteiger partial charge in [0.2, 0.25) is 5.69 Å². The molecule has 9 aromatic rings. The van der Waals surface area contributed by atoms with E-state index in [1.54, 1.807) is 0 Å². The van der Waals surface area contributed by atoms with Crippen molar-refractivity contribution in [1.82, 2.24) is 9.13 Å². The van der Waals surface area contributed by atoms with E-state index in [4.69, 9.17) is 13.1 Å². The largest absolute Gasteiger partial charge is 0.320 e. The third kappa shape index (κ3) is 4.14. The molecule has 9 rings (SSSR count). The molecule has 0 radical (unpaired) electrons. The SMILES string of the molecule is [C-]#[N+]c1ccc2c3ccccc3n(-c3cc(-c4cccc(-n5c6ccccc6c6ccccc65)c4)cc(-c4ccccc4)c3[N+]#[C-])c2c1. The van der Waals surface area contributed by atoms with Crippen molar-refractivity contribution in [1.29, 1.82) is 0 Å². The summed E-state index contributed by atoms with van der Waals surface area (Å²) in [5, 5.41) is 4.58. The summed E-state index contributed by atoms with van der Waals surface area (Å²) >= 11 is 0. The summed E-state index contributed by atoms with van der Waals surface area (Å²) in [6.45, 7) is 16.2. The average Bonchev–Trinajstić information content (AvgIpc) is 3.67. The predicted molar refractivity (Wildman–Crippen MR) is 199 cm³/mol. The summed E-state index contributed by atoms with van der Waals surface area (Å²) < 4.78 is 4.50. The van der Waals surface area contributed by atoms with Gasteiger partial charge in [0.25, 0.3) is 0 Å². The molecule has 0 unspecified atom stereocenters. The van der Waals surface area contributed by atoms with Gasteiger partial charge in [-0.2, -0.15) is 0 Å². The molecule has 0 atom stereocenters. The topological polar surface area (TPSA) is 18.6 Å². The summed E-state index contributed by atoms with van der Waals surface area (Å²) in [5.74, 6) is 0. The van der Waals surface area contributed by atoms with Gasteiger partial charge in [0.05, 0.1) is 35.4 Å². The number of rotatable bonds is 4. The molecule has 0 saturated carbocycles. The van der Waals surface area contributed by atoms with Crippen LogP contribution >= 0.6 is 0 Å². The van der Waals surface area contributed by atoms with Gasteiger partial charge in [-0.15, -0.1) is 0 Å². The fourth-order valence-corrected chi connectivity index (χ4v) is 7.22. The number of hydrogen-bond donors (Lipinski definition) is 0. The molecule has 0 amide bonds. The van der Waals surface area contributed by atoms with E-state index < -0.39 is 0 Å². The van der Waals surface area contributed by atoms with E-state index in [-0.39, 0.29) is 0 Å². The second kappa shape index (κ2) is 10.9. The Bertz CT molecular complexity index is 2750. The molecule has 0 bridgehead atoms. The molecule has 4 nitrogen and oxygen atoms in total. The fourth-order valence-electron chi connectivity index (χ4n) is 7.22. The monoisotopic (exact) mass is 610 g/mol. The van der Waals surface area contributed by atoms with Gasteiger partial charge in [-0.1, -0.05) is 115 Å². The van der Waals surface area contributed by atoms with E-state index in [1.165, 1.54) is 10.8 Å². The highest BCUT2D eigenvalue weighted by Gasteiger charge is 2.20. The van der Waals surface area contributed by atoms with Crippen LogP contribution in [-0.2, 0) is 0 Å². The maximum atomic E-state index is 8.49. The van der Waals surface area contributed by atoms with Crippen molar-refractivity contribution in [3.05, 3.63) is 181 Å². The summed E-state index contributed by atoms with van der Waals surface area (Å²) in [6, 6.07) is 54.3. The highest BCUT2D eigenvalue weighted by molar-refractivity contribution is 6.11. The molecular formula is C44H26N4. The molecule has 0 N–H and O–H groups in total. The van der Waals surface area contributed by atoms with Crippen molar-refractivity contribution in [2.24, 2.45) is 0 Å². The van der Waals surface area contributed by atoms with Crippen molar-refractivity contribution in [2.45, 2.75) is 0 Å². The lowest BCUT2D eigenvalue weighted by molar-refractivity contribution is 1.18. The Morgan fingerprint density at radius 2 is 0.979 bits per heavy atom. The zero-order valence-electron chi connectivity index (χ0n) is 25.8. The van der Waals surface area contributed by atoms with Crippen LogP contribution in [0, 0.1) is 13.1 Å². The first-order valence-corrected chi connectivity index (χ1v) is 15.8. The van der Waals surface area contributed by atoms with Gasteiger partial charge in [0.1, 0.15) is 0 Å². The normalized spacial score (nSPS) is 11.3. The molecule has 48 heavy (non-hydrogen) atoms. The highest BCUT2D eigenvalue weighted by atomic mass is 15.0. The van der Waals surface area contributed by atoms with Crippen LogP contribution in [-0.4, -0.2) is 9.13 Å². The van der Waals surface area contributed by atoms with Crippen molar-refractivity contribution in [3.8, 4) is 33.6 Å². The smallest absolute Gasteiger partial charge is 0.218 e. The minimum absolute atomic E-state index is 0.564. The van der Waals surface area contributed by atoms with Crippen molar-refractivity contribution < 1.29 is 0 Å². The molecule has 0 fully saturated rings. The van der Waals surface area contributed by atoms with Crippen LogP contribution in [0.4, 0.5) is 11.4 Å². The van der Waals surface area contributed by atoms with Gasteiger partial charge in [0.15, 0.2) is 5.69 Å². The number of benzene rings is 7. The maximum absolute atomic E-state index is 8.49. The zero-order valence-corrected chi connectivity index (χ0v) is 25.8. The van der Waals surface area contributed by atoms with Crippen LogP contribution in [0.5, 0.6) is 0 Å². The molecule has 0 aliphatic heterocycles. The fraction of sp³-hybridized carbons (Fsp3) is 0. The van der Waals surface area contributed by atoms with Crippen molar-refractivity contribution in [3.63, 3.8) is 0 Å². The quantitative estimate of drug-likeness (QED) is 0.177. The van der Waals surface area contributed by atoms with Crippen LogP contribution in [0.1, 0.15) is 0 Å². The highest BCUT2D eigenvalue weighted by Crippen LogP contribution is 2.44. The number of nitrogens with zero attached hydrogens (tertiary/aromatic N) is 4. The Morgan fingerprint density at radius 3 is 1.62 bits per heavy atom. The van der Waals surface area contributed by atoms with E-state index in [1.807, 2.05) is 48.5 Å². The summed E-state index contributed by atoms with van der Waals surface area (Å²) in [7, 11) is 0. The molecular weight excluding hydrogens is 585 g/mol. The van der Waals surface area contributed by atoms with E-state index in [0.717, 1.165) is 66.5 Å². The van der Waals surface area contributed by atoms with Gasteiger partial charge in [0, 0.05) is 32.7 Å². The lowest BCUT2D eigenvalue weighted by Crippen LogP contribution is -1.98. The first-order chi connectivity index (χ1) is 23.7. The molecule has 0 spiro atoms. The lowest BCUT2D eigenvalue weighted by atomic mass is 9.95. The van der Waals surface area contributed by atoms with Crippen LogP contribution in [0.25, 0.3) is 86.9 Å². The van der Waals surface area contributed by atoms with Gasteiger partial charge < -0.3 is 9.13 Å². The molecule has 222 valence electrons. The second-order valence-electron chi connectivity index (χ2n) is 12.0. The van der Waals surface area contributed by atoms with Crippen molar-refractivity contribution in [2.75, 3.05) is 0 Å². The minimum Gasteiger partial charge on any atom is -0.320 e. The van der Waals surface area contributed by atoms with Gasteiger partial charge in [-0.3, -0.25) is 0 Å². The lowest BCUT2D eigenvalue weighted by Gasteiger charge is -2.17. The van der Waals surface area contributed by atoms with Crippen LogP contribution in [0.2, 0.25) is 0 Å². The number of aromatic nitrogens is 2. The molecule has 0 saturated heterocycles. The van der Waals surface area contributed by atoms with E-state index in [2.05, 4.69) is 128 Å². The first-order valence-electron chi connectivity index (χ1n) is 15.8. The molecule has 2 heterocycles. The van der Waals surface area contributed by atoms with E-state index >= 15 is 0 Å². The molecule has 0 aliphatic carbocycles. The standard InChI is InChI=1S/C44H26N4/c1-45-32-23-24-37-36-19-8-11-22-41(36)48(42(37)28-32)43-27-31(26-38(44(43)46-2)29-13-4-3-5-14-29)30-15-12-16-33(25-30)47-39-20-9-6-17-34(39)35-18-7-10-21-40(35)47/h3-28H. The summed E-state index contributed by atoms with van der Waals surface area (Å²) in [4.78, 5) is 7.93. The average molecular weight is 611 g/mol. The number of hydrogen-bond acceptors (Lipinski definition) is 0. The Morgan fingerprint density at radius 1 is 0.396 bits per heavy atom. The van der Waals surface area contributed by atoms with E-state index in [9.17, 15) is 0 Å². The Hall–Kier alpha value is -6.88. The van der Waals surface area contributed by atoms with Crippen LogP contribution in [0.15, 0.2) is 158 Å². The van der Waals surface area contributed by atoms with Gasteiger partial charge >= 0.3 is 0 Å². The zero-order chi connectivity index (χ0) is 32.2. The third-order valence-corrected chi connectivity index (χ3v) is 9.33. The number of fused-ring (bicyclic) bond motifs is 6. The summed E-state index contributed by atoms with van der Waals surface area (Å²) in [6.07, 6.45) is 0. The molecule has 0 aliphatic rings. The first kappa shape index (κ1) is 27.4. The van der Waals surface area contributed by atoms with E-state index in [0.29, 0.717) is 11.4 Å². The molecule has 7 aromatic carbocycles.